The van der Waals surface area contributed by atoms with Crippen molar-refractivity contribution in [2.24, 2.45) is 11.8 Å². The Kier molecular flexibility index (Phi) is 3.48. The van der Waals surface area contributed by atoms with Gasteiger partial charge in [-0.15, -0.1) is 0 Å². The largest absolute Gasteiger partial charge is 0.355 e. The number of carbonyl (C=O) groups is 2. The molecule has 0 unspecified atom stereocenters. The molecule has 0 aromatic rings. The first-order chi connectivity index (χ1) is 9.22. The van der Waals surface area contributed by atoms with E-state index in [4.69, 9.17) is 0 Å². The zero-order chi connectivity index (χ0) is 13.4. The molecule has 3 heterocycles. The van der Waals surface area contributed by atoms with Gasteiger partial charge in [-0.2, -0.15) is 0 Å². The third-order valence-electron chi connectivity index (χ3n) is 4.86. The van der Waals surface area contributed by atoms with E-state index >= 15 is 0 Å². The van der Waals surface area contributed by atoms with Gasteiger partial charge in [-0.05, 0) is 38.6 Å². The number of nitrogens with zero attached hydrogens (tertiary/aromatic N) is 1. The van der Waals surface area contributed by atoms with Gasteiger partial charge in [0.15, 0.2) is 0 Å². The van der Waals surface area contributed by atoms with Crippen molar-refractivity contribution in [1.82, 2.24) is 15.5 Å². The molecule has 3 fully saturated rings. The van der Waals surface area contributed by atoms with Crippen molar-refractivity contribution in [2.75, 3.05) is 19.6 Å². The maximum Gasteiger partial charge on any atom is 0.243 e. The second-order valence-corrected chi connectivity index (χ2v) is 6.01. The van der Waals surface area contributed by atoms with Crippen LogP contribution in [0.15, 0.2) is 0 Å². The van der Waals surface area contributed by atoms with Crippen molar-refractivity contribution in [3.63, 3.8) is 0 Å². The third-order valence-corrected chi connectivity index (χ3v) is 4.86. The smallest absolute Gasteiger partial charge is 0.243 e. The number of likely N-dealkylation sites (N-methyl/N-ethyl adjacent to an activating group) is 1. The van der Waals surface area contributed by atoms with Crippen molar-refractivity contribution in [3.05, 3.63) is 0 Å². The summed E-state index contributed by atoms with van der Waals surface area (Å²) < 4.78 is 0. The summed E-state index contributed by atoms with van der Waals surface area (Å²) >= 11 is 0. The standard InChI is InChI=1S/C14H23N3O2/c1-2-16-14(19)13-10-6-9(7-15-8-10)11-4-3-5-12(18)17(11)13/h9-11,13,15H,2-8H2,1H3,(H,16,19)/t9-,10+,11+,13-/m1/s1. The van der Waals surface area contributed by atoms with Gasteiger partial charge in [-0.3, -0.25) is 9.59 Å². The van der Waals surface area contributed by atoms with E-state index in [1.54, 1.807) is 0 Å². The van der Waals surface area contributed by atoms with Crippen LogP contribution >= 0.6 is 0 Å². The fourth-order valence-corrected chi connectivity index (χ4v) is 4.13. The van der Waals surface area contributed by atoms with Gasteiger partial charge in [0, 0.05) is 31.5 Å². The van der Waals surface area contributed by atoms with Crippen molar-refractivity contribution in [1.29, 1.82) is 0 Å². The molecule has 3 rings (SSSR count). The molecule has 2 N–H and O–H groups in total. The predicted octanol–water partition coefficient (Wildman–Crippen LogP) is 0.112. The molecule has 0 aromatic heterocycles. The van der Waals surface area contributed by atoms with Crippen molar-refractivity contribution >= 4 is 11.8 Å². The Labute approximate surface area is 114 Å². The lowest BCUT2D eigenvalue weighted by Gasteiger charge is -2.53. The molecular formula is C14H23N3O2. The molecule has 0 spiro atoms. The molecule has 4 atom stereocenters. The summed E-state index contributed by atoms with van der Waals surface area (Å²) in [7, 11) is 0. The van der Waals surface area contributed by atoms with Crippen LogP contribution in [0, 0.1) is 11.8 Å². The topological polar surface area (TPSA) is 61.4 Å². The SMILES string of the molecule is CCNC(=O)[C@H]1[C@@H]2CNC[C@@H](C2)[C@@H]2CCCC(=O)N21. The zero-order valence-corrected chi connectivity index (χ0v) is 11.5. The van der Waals surface area contributed by atoms with Gasteiger partial charge in [-0.1, -0.05) is 0 Å². The van der Waals surface area contributed by atoms with Crippen molar-refractivity contribution < 1.29 is 9.59 Å². The first kappa shape index (κ1) is 12.9. The number of amides is 2. The third kappa shape index (κ3) is 2.14. The molecule has 3 aliphatic rings. The summed E-state index contributed by atoms with van der Waals surface area (Å²) in [5.74, 6) is 1.04. The van der Waals surface area contributed by atoms with Crippen LogP contribution in [0.3, 0.4) is 0 Å². The fourth-order valence-electron chi connectivity index (χ4n) is 4.13. The maximum atomic E-state index is 12.4. The van der Waals surface area contributed by atoms with Crippen LogP contribution in [-0.2, 0) is 9.59 Å². The van der Waals surface area contributed by atoms with E-state index < -0.39 is 0 Å². The molecule has 5 nitrogen and oxygen atoms in total. The number of hydrogen-bond donors (Lipinski definition) is 2. The van der Waals surface area contributed by atoms with Gasteiger partial charge < -0.3 is 15.5 Å². The highest BCUT2D eigenvalue weighted by molar-refractivity contribution is 5.89. The maximum absolute atomic E-state index is 12.4. The summed E-state index contributed by atoms with van der Waals surface area (Å²) in [6.45, 7) is 4.41. The van der Waals surface area contributed by atoms with Gasteiger partial charge in [0.25, 0.3) is 0 Å². The molecule has 5 heteroatoms. The first-order valence-electron chi connectivity index (χ1n) is 7.52. The number of carbonyl (C=O) groups excluding carboxylic acids is 2. The number of hydrogen-bond acceptors (Lipinski definition) is 3. The average molecular weight is 265 g/mol. The zero-order valence-electron chi connectivity index (χ0n) is 11.5. The van der Waals surface area contributed by atoms with E-state index in [1.165, 1.54) is 0 Å². The minimum Gasteiger partial charge on any atom is -0.355 e. The summed E-state index contributed by atoms with van der Waals surface area (Å²) in [5, 5.41) is 6.36. The Hall–Kier alpha value is -1.10. The van der Waals surface area contributed by atoms with E-state index in [9.17, 15) is 9.59 Å². The normalized spacial score (nSPS) is 37.7. The molecule has 106 valence electrons. The molecule has 2 bridgehead atoms. The highest BCUT2D eigenvalue weighted by atomic mass is 16.2. The van der Waals surface area contributed by atoms with Crippen molar-refractivity contribution in [2.45, 2.75) is 44.7 Å². The predicted molar refractivity (Wildman–Crippen MR) is 71.4 cm³/mol. The Morgan fingerprint density at radius 1 is 1.42 bits per heavy atom. The van der Waals surface area contributed by atoms with Crippen LogP contribution in [0.1, 0.15) is 32.6 Å². The van der Waals surface area contributed by atoms with Gasteiger partial charge >= 0.3 is 0 Å². The van der Waals surface area contributed by atoms with E-state index in [1.807, 2.05) is 11.8 Å². The highest BCUT2D eigenvalue weighted by Crippen LogP contribution is 2.39. The quantitative estimate of drug-likeness (QED) is 0.745. The van der Waals surface area contributed by atoms with Crippen LogP contribution in [0.5, 0.6) is 0 Å². The first-order valence-corrected chi connectivity index (χ1v) is 7.52. The molecule has 19 heavy (non-hydrogen) atoms. The molecule has 0 saturated carbocycles. The molecule has 3 aliphatic heterocycles. The van der Waals surface area contributed by atoms with E-state index in [-0.39, 0.29) is 29.8 Å². The lowest BCUT2D eigenvalue weighted by atomic mass is 9.72. The second-order valence-electron chi connectivity index (χ2n) is 6.01. The lowest BCUT2D eigenvalue weighted by molar-refractivity contribution is -0.157. The number of nitrogens with one attached hydrogen (secondary N) is 2. The second kappa shape index (κ2) is 5.12. The monoisotopic (exact) mass is 265 g/mol. The van der Waals surface area contributed by atoms with Crippen LogP contribution in [-0.4, -0.2) is 48.4 Å². The molecule has 0 radical (unpaired) electrons. The van der Waals surface area contributed by atoms with Crippen LogP contribution in [0.2, 0.25) is 0 Å². The van der Waals surface area contributed by atoms with Gasteiger partial charge in [0.05, 0.1) is 0 Å². The highest BCUT2D eigenvalue weighted by Gasteiger charge is 2.50. The molecule has 0 aromatic carbocycles. The Balaban J connectivity index is 1.89. The number of rotatable bonds is 2. The van der Waals surface area contributed by atoms with Crippen LogP contribution in [0.4, 0.5) is 0 Å². The van der Waals surface area contributed by atoms with E-state index in [2.05, 4.69) is 10.6 Å². The van der Waals surface area contributed by atoms with Crippen LogP contribution < -0.4 is 10.6 Å². The summed E-state index contributed by atoms with van der Waals surface area (Å²) in [4.78, 5) is 26.6. The molecular weight excluding hydrogens is 242 g/mol. The average Bonchev–Trinajstić information content (AvgIpc) is 2.41. The summed E-state index contributed by atoms with van der Waals surface area (Å²) in [6.07, 6.45) is 3.73. The summed E-state index contributed by atoms with van der Waals surface area (Å²) in [5.41, 5.74) is 0. The fraction of sp³-hybridized carbons (Fsp3) is 0.857. The van der Waals surface area contributed by atoms with Gasteiger partial charge in [0.1, 0.15) is 6.04 Å². The summed E-state index contributed by atoms with van der Waals surface area (Å²) in [6, 6.07) is 0.0275. The van der Waals surface area contributed by atoms with E-state index in [0.717, 1.165) is 32.4 Å². The van der Waals surface area contributed by atoms with Gasteiger partial charge in [-0.25, -0.2) is 0 Å². The number of fused-ring (bicyclic) bond motifs is 4. The molecule has 2 amide bonds. The Morgan fingerprint density at radius 3 is 3.00 bits per heavy atom. The minimum absolute atomic E-state index is 0.0369. The molecule has 3 saturated heterocycles. The Bertz CT molecular complexity index is 385. The number of piperidine rings is 3. The van der Waals surface area contributed by atoms with Crippen molar-refractivity contribution in [3.8, 4) is 0 Å². The minimum atomic E-state index is -0.248. The van der Waals surface area contributed by atoms with Gasteiger partial charge in [0.2, 0.25) is 11.8 Å². The van der Waals surface area contributed by atoms with E-state index in [0.29, 0.717) is 18.9 Å². The molecule has 0 aliphatic carbocycles. The van der Waals surface area contributed by atoms with Crippen LogP contribution in [0.25, 0.3) is 0 Å². The Morgan fingerprint density at radius 2 is 2.21 bits per heavy atom. The lowest BCUT2D eigenvalue weighted by Crippen LogP contribution is -2.68.